The summed E-state index contributed by atoms with van der Waals surface area (Å²) in [6.07, 6.45) is 3.41. The average Bonchev–Trinajstić information content (AvgIpc) is 2.30. The lowest BCUT2D eigenvalue weighted by Gasteiger charge is -1.93. The molecule has 0 saturated heterocycles. The van der Waals surface area contributed by atoms with Gasteiger partial charge in [0.25, 0.3) is 0 Å². The van der Waals surface area contributed by atoms with Gasteiger partial charge < -0.3 is 5.84 Å². The van der Waals surface area contributed by atoms with Crippen LogP contribution in [-0.2, 0) is 0 Å². The molecule has 4 nitrogen and oxygen atoms in total. The lowest BCUT2D eigenvalue weighted by atomic mass is 10.4. The summed E-state index contributed by atoms with van der Waals surface area (Å²) in [5.74, 6) is 6.45. The average molecular weight is 148 g/mol. The summed E-state index contributed by atoms with van der Waals surface area (Å²) >= 11 is 0. The smallest absolute Gasteiger partial charge is 0.125 e. The molecule has 0 bridgehead atoms. The van der Waals surface area contributed by atoms with Crippen LogP contribution in [0, 0.1) is 6.92 Å². The summed E-state index contributed by atoms with van der Waals surface area (Å²) in [7, 11) is 0. The van der Waals surface area contributed by atoms with Gasteiger partial charge in [-0.3, -0.25) is 4.98 Å². The van der Waals surface area contributed by atoms with E-state index in [0.29, 0.717) is 0 Å². The highest BCUT2D eigenvalue weighted by Crippen LogP contribution is 2.09. The van der Waals surface area contributed by atoms with Crippen LogP contribution < -0.4 is 5.84 Å². The molecule has 0 radical (unpaired) electrons. The third-order valence-corrected chi connectivity index (χ3v) is 1.67. The minimum atomic E-state index is 0.799. The van der Waals surface area contributed by atoms with Crippen molar-refractivity contribution < 1.29 is 0 Å². The van der Waals surface area contributed by atoms with Gasteiger partial charge in [0.05, 0.1) is 11.7 Å². The van der Waals surface area contributed by atoms with Crippen LogP contribution in [-0.4, -0.2) is 14.6 Å². The first kappa shape index (κ1) is 6.15. The van der Waals surface area contributed by atoms with E-state index in [9.17, 15) is 0 Å². The summed E-state index contributed by atoms with van der Waals surface area (Å²) < 4.78 is 1.53. The Balaban J connectivity index is 2.92. The van der Waals surface area contributed by atoms with Gasteiger partial charge >= 0.3 is 0 Å². The molecule has 2 aromatic heterocycles. The number of hydrogen-bond donors (Lipinski definition) is 1. The van der Waals surface area contributed by atoms with Crippen molar-refractivity contribution in [3.8, 4) is 0 Å². The van der Waals surface area contributed by atoms with Crippen molar-refractivity contribution in [2.24, 2.45) is 0 Å². The molecule has 2 heterocycles. The Morgan fingerprint density at radius 2 is 2.36 bits per heavy atom. The summed E-state index contributed by atoms with van der Waals surface area (Å²) in [5, 5.41) is 0. The Labute approximate surface area is 63.6 Å². The number of fused-ring (bicyclic) bond motifs is 1. The Kier molecular flexibility index (Phi) is 1.09. The lowest BCUT2D eigenvalue weighted by Crippen LogP contribution is -2.09. The molecule has 0 aliphatic rings. The summed E-state index contributed by atoms with van der Waals surface area (Å²) in [6.45, 7) is 1.86. The third-order valence-electron chi connectivity index (χ3n) is 1.67. The molecule has 2 N–H and O–H groups in total. The maximum absolute atomic E-state index is 5.65. The van der Waals surface area contributed by atoms with Crippen molar-refractivity contribution in [2.75, 3.05) is 5.84 Å². The Hall–Kier alpha value is -1.58. The van der Waals surface area contributed by atoms with Crippen LogP contribution >= 0.6 is 0 Å². The SMILES string of the molecule is Cc1nc2ccncc2n1N. The van der Waals surface area contributed by atoms with Gasteiger partial charge in [-0.25, -0.2) is 9.66 Å². The highest BCUT2D eigenvalue weighted by molar-refractivity contribution is 5.74. The summed E-state index contributed by atoms with van der Waals surface area (Å²) in [6, 6.07) is 1.84. The van der Waals surface area contributed by atoms with Gasteiger partial charge in [0.2, 0.25) is 0 Å². The largest absolute Gasteiger partial charge is 0.337 e. The fourth-order valence-corrected chi connectivity index (χ4v) is 1.06. The number of nitrogens with two attached hydrogens (primary N) is 1. The van der Waals surface area contributed by atoms with E-state index in [1.54, 1.807) is 12.4 Å². The van der Waals surface area contributed by atoms with E-state index in [1.165, 1.54) is 4.68 Å². The molecule has 0 aliphatic heterocycles. The number of nitrogens with zero attached hydrogens (tertiary/aromatic N) is 3. The van der Waals surface area contributed by atoms with Gasteiger partial charge in [-0.2, -0.15) is 0 Å². The Morgan fingerprint density at radius 3 is 3.09 bits per heavy atom. The van der Waals surface area contributed by atoms with Crippen molar-refractivity contribution >= 4 is 11.0 Å². The number of rotatable bonds is 0. The summed E-state index contributed by atoms with van der Waals surface area (Å²) in [5.41, 5.74) is 1.75. The predicted molar refractivity (Wildman–Crippen MR) is 42.4 cm³/mol. The van der Waals surface area contributed by atoms with Crippen molar-refractivity contribution in [1.82, 2.24) is 14.6 Å². The number of hydrogen-bond acceptors (Lipinski definition) is 3. The molecule has 11 heavy (non-hydrogen) atoms. The zero-order chi connectivity index (χ0) is 7.84. The van der Waals surface area contributed by atoms with Crippen molar-refractivity contribution in [1.29, 1.82) is 0 Å². The van der Waals surface area contributed by atoms with Gasteiger partial charge in [-0.15, -0.1) is 0 Å². The molecule has 2 aromatic rings. The Bertz CT molecular complexity index is 390. The van der Waals surface area contributed by atoms with Crippen LogP contribution in [0.3, 0.4) is 0 Å². The minimum Gasteiger partial charge on any atom is -0.337 e. The number of pyridine rings is 1. The monoisotopic (exact) mass is 148 g/mol. The van der Waals surface area contributed by atoms with Crippen LogP contribution in [0.2, 0.25) is 0 Å². The molecule has 56 valence electrons. The number of nitrogen functional groups attached to an aromatic ring is 1. The standard InChI is InChI=1S/C7H8N4/c1-5-10-6-2-3-9-4-7(6)11(5)8/h2-4H,8H2,1H3. The second-order valence-electron chi connectivity index (χ2n) is 2.39. The highest BCUT2D eigenvalue weighted by Gasteiger charge is 2.01. The van der Waals surface area contributed by atoms with Gasteiger partial charge in [0, 0.05) is 6.20 Å². The first-order chi connectivity index (χ1) is 5.29. The molecule has 0 fully saturated rings. The number of aromatic nitrogens is 3. The molecule has 0 aromatic carbocycles. The van der Waals surface area contributed by atoms with Crippen LogP contribution in [0.4, 0.5) is 0 Å². The van der Waals surface area contributed by atoms with Crippen molar-refractivity contribution in [2.45, 2.75) is 6.92 Å². The molecule has 0 amide bonds. The normalized spacial score (nSPS) is 10.6. The van der Waals surface area contributed by atoms with Crippen LogP contribution in [0.15, 0.2) is 18.5 Å². The quantitative estimate of drug-likeness (QED) is 0.552. The minimum absolute atomic E-state index is 0.799. The van der Waals surface area contributed by atoms with Gasteiger partial charge in [-0.1, -0.05) is 0 Å². The van der Waals surface area contributed by atoms with Crippen LogP contribution in [0.1, 0.15) is 5.82 Å². The number of aryl methyl sites for hydroxylation is 1. The zero-order valence-electron chi connectivity index (χ0n) is 6.15. The predicted octanol–water partition coefficient (Wildman–Crippen LogP) is 0.454. The van der Waals surface area contributed by atoms with Crippen LogP contribution in [0.5, 0.6) is 0 Å². The Morgan fingerprint density at radius 1 is 1.55 bits per heavy atom. The van der Waals surface area contributed by atoms with E-state index < -0.39 is 0 Å². The lowest BCUT2D eigenvalue weighted by molar-refractivity contribution is 0.954. The molecule has 0 spiro atoms. The molecule has 0 atom stereocenters. The molecule has 0 aliphatic carbocycles. The summed E-state index contributed by atoms with van der Waals surface area (Å²) in [4.78, 5) is 8.16. The van der Waals surface area contributed by atoms with Crippen molar-refractivity contribution in [3.63, 3.8) is 0 Å². The van der Waals surface area contributed by atoms with Crippen molar-refractivity contribution in [3.05, 3.63) is 24.3 Å². The van der Waals surface area contributed by atoms with E-state index in [4.69, 9.17) is 5.84 Å². The molecule has 4 heteroatoms. The maximum atomic E-state index is 5.65. The number of imidazole rings is 1. The second-order valence-corrected chi connectivity index (χ2v) is 2.39. The van der Waals surface area contributed by atoms with E-state index in [1.807, 2.05) is 13.0 Å². The molecular weight excluding hydrogens is 140 g/mol. The molecule has 0 unspecified atom stereocenters. The molecule has 0 saturated carbocycles. The topological polar surface area (TPSA) is 56.7 Å². The van der Waals surface area contributed by atoms with E-state index in [2.05, 4.69) is 9.97 Å². The third kappa shape index (κ3) is 0.756. The fraction of sp³-hybridized carbons (Fsp3) is 0.143. The first-order valence-corrected chi connectivity index (χ1v) is 3.33. The fourth-order valence-electron chi connectivity index (χ4n) is 1.06. The molecule has 2 rings (SSSR count). The van der Waals surface area contributed by atoms with E-state index in [0.717, 1.165) is 16.9 Å². The van der Waals surface area contributed by atoms with Gasteiger partial charge in [-0.05, 0) is 13.0 Å². The van der Waals surface area contributed by atoms with Crippen LogP contribution in [0.25, 0.3) is 11.0 Å². The second kappa shape index (κ2) is 1.95. The first-order valence-electron chi connectivity index (χ1n) is 3.33. The molecular formula is C7H8N4. The highest BCUT2D eigenvalue weighted by atomic mass is 15.3. The van der Waals surface area contributed by atoms with E-state index >= 15 is 0 Å². The van der Waals surface area contributed by atoms with Gasteiger partial charge in [0.1, 0.15) is 11.3 Å². The zero-order valence-corrected chi connectivity index (χ0v) is 6.15. The van der Waals surface area contributed by atoms with E-state index in [-0.39, 0.29) is 0 Å². The maximum Gasteiger partial charge on any atom is 0.125 e. The van der Waals surface area contributed by atoms with Gasteiger partial charge in [0.15, 0.2) is 0 Å².